The van der Waals surface area contributed by atoms with Crippen LogP contribution in [-0.4, -0.2) is 72.8 Å². The molecule has 1 fully saturated rings. The Labute approximate surface area is 104 Å². The van der Waals surface area contributed by atoms with E-state index in [0.717, 1.165) is 0 Å². The first kappa shape index (κ1) is 14.7. The maximum Gasteiger partial charge on any atom is 0.326 e. The maximum atomic E-state index is 11.7. The molecule has 18 heavy (non-hydrogen) atoms. The molecule has 0 aliphatic carbocycles. The number of nitrogens with one attached hydrogen (secondary N) is 1. The summed E-state index contributed by atoms with van der Waals surface area (Å²) in [6.45, 7) is -0.245. The van der Waals surface area contributed by atoms with Crippen LogP contribution in [0, 0.1) is 0 Å². The number of carboxylic acid groups (broad SMARTS) is 1. The number of hydrogen-bond acceptors (Lipinski definition) is 5. The molecule has 0 aromatic rings. The number of amides is 2. The van der Waals surface area contributed by atoms with Gasteiger partial charge in [-0.05, 0) is 0 Å². The van der Waals surface area contributed by atoms with E-state index in [1.165, 1.54) is 4.90 Å². The topological polar surface area (TPSA) is 124 Å². The highest BCUT2D eigenvalue weighted by Crippen LogP contribution is 2.04. The summed E-state index contributed by atoms with van der Waals surface area (Å²) in [6.07, 6.45) is -0.0901. The number of hydrogen-bond donors (Lipinski definition) is 3. The molecule has 0 unspecified atom stereocenters. The van der Waals surface area contributed by atoms with Gasteiger partial charge in [-0.3, -0.25) is 0 Å². The highest BCUT2D eigenvalue weighted by Gasteiger charge is 2.27. The van der Waals surface area contributed by atoms with Crippen LogP contribution in [0.1, 0.15) is 6.42 Å². The summed E-state index contributed by atoms with van der Waals surface area (Å²) in [5, 5.41) is 19.7. The van der Waals surface area contributed by atoms with Gasteiger partial charge < -0.3 is 20.4 Å². The highest BCUT2D eigenvalue weighted by molar-refractivity contribution is 7.91. The maximum absolute atomic E-state index is 11.7. The fraction of sp³-hybridized carbons (Fsp3) is 0.778. The Balaban J connectivity index is 2.52. The summed E-state index contributed by atoms with van der Waals surface area (Å²) in [5.74, 6) is -1.46. The smallest absolute Gasteiger partial charge is 0.326 e. The zero-order valence-electron chi connectivity index (χ0n) is 9.70. The van der Waals surface area contributed by atoms with E-state index in [-0.39, 0.29) is 37.6 Å². The molecule has 104 valence electrons. The van der Waals surface area contributed by atoms with Gasteiger partial charge in [0, 0.05) is 26.1 Å². The lowest BCUT2D eigenvalue weighted by atomic mass is 10.2. The van der Waals surface area contributed by atoms with Gasteiger partial charge in [-0.1, -0.05) is 0 Å². The highest BCUT2D eigenvalue weighted by atomic mass is 32.2. The van der Waals surface area contributed by atoms with Gasteiger partial charge in [0.1, 0.15) is 6.04 Å². The first-order valence-corrected chi connectivity index (χ1v) is 7.27. The van der Waals surface area contributed by atoms with Gasteiger partial charge in [-0.2, -0.15) is 0 Å². The van der Waals surface area contributed by atoms with Crippen LogP contribution in [0.3, 0.4) is 0 Å². The monoisotopic (exact) mass is 280 g/mol. The third-order valence-electron chi connectivity index (χ3n) is 2.65. The number of aliphatic carboxylic acids is 1. The molecule has 8 nitrogen and oxygen atoms in total. The SMILES string of the molecule is O=C(O)[C@H](CCO)NC(=O)N1CCS(=O)(=O)CC1. The van der Waals surface area contributed by atoms with Crippen LogP contribution in [0.25, 0.3) is 0 Å². The number of nitrogens with zero attached hydrogens (tertiary/aromatic N) is 1. The molecule has 1 atom stereocenters. The Morgan fingerprint density at radius 1 is 1.28 bits per heavy atom. The second-order valence-electron chi connectivity index (χ2n) is 3.99. The van der Waals surface area contributed by atoms with Crippen molar-refractivity contribution in [2.24, 2.45) is 0 Å². The van der Waals surface area contributed by atoms with Crippen molar-refractivity contribution in [3.63, 3.8) is 0 Å². The molecular formula is C9H16N2O6S. The summed E-state index contributed by atoms with van der Waals surface area (Å²) >= 11 is 0. The lowest BCUT2D eigenvalue weighted by Gasteiger charge is -2.28. The van der Waals surface area contributed by atoms with Gasteiger partial charge >= 0.3 is 12.0 Å². The quantitative estimate of drug-likeness (QED) is 0.561. The second kappa shape index (κ2) is 6.01. The van der Waals surface area contributed by atoms with Gasteiger partial charge in [0.2, 0.25) is 0 Å². The Morgan fingerprint density at radius 2 is 1.83 bits per heavy atom. The first-order chi connectivity index (χ1) is 8.35. The van der Waals surface area contributed by atoms with Crippen LogP contribution < -0.4 is 5.32 Å². The van der Waals surface area contributed by atoms with E-state index < -0.39 is 27.9 Å². The Kier molecular flexibility index (Phi) is 4.91. The molecule has 1 heterocycles. The average Bonchev–Trinajstić information content (AvgIpc) is 2.28. The van der Waals surface area contributed by atoms with Gasteiger partial charge in [0.05, 0.1) is 11.5 Å². The normalized spacial score (nSPS) is 20.2. The van der Waals surface area contributed by atoms with E-state index in [4.69, 9.17) is 10.2 Å². The van der Waals surface area contributed by atoms with E-state index in [1.807, 2.05) is 0 Å². The molecule has 0 saturated carbocycles. The predicted octanol–water partition coefficient (Wildman–Crippen LogP) is -1.74. The molecule has 0 radical (unpaired) electrons. The second-order valence-corrected chi connectivity index (χ2v) is 6.30. The van der Waals surface area contributed by atoms with Crippen molar-refractivity contribution in [3.05, 3.63) is 0 Å². The number of urea groups is 1. The summed E-state index contributed by atoms with van der Waals surface area (Å²) in [5.41, 5.74) is 0. The third-order valence-corrected chi connectivity index (χ3v) is 4.25. The minimum Gasteiger partial charge on any atom is -0.480 e. The van der Waals surface area contributed by atoms with Gasteiger partial charge in [0.25, 0.3) is 0 Å². The molecule has 1 saturated heterocycles. The minimum absolute atomic E-state index is 0.0552. The molecule has 0 spiro atoms. The van der Waals surface area contributed by atoms with Gasteiger partial charge in [0.15, 0.2) is 9.84 Å². The van der Waals surface area contributed by atoms with Crippen molar-refractivity contribution >= 4 is 21.8 Å². The lowest BCUT2D eigenvalue weighted by molar-refractivity contribution is -0.139. The van der Waals surface area contributed by atoms with E-state index in [0.29, 0.717) is 0 Å². The summed E-state index contributed by atoms with van der Waals surface area (Å²) in [6, 6.07) is -1.79. The number of aliphatic hydroxyl groups is 1. The molecule has 1 aliphatic heterocycles. The molecule has 3 N–H and O–H groups in total. The van der Waals surface area contributed by atoms with Gasteiger partial charge in [-0.25, -0.2) is 18.0 Å². The lowest BCUT2D eigenvalue weighted by Crippen LogP contribution is -2.52. The van der Waals surface area contributed by atoms with E-state index in [2.05, 4.69) is 5.32 Å². The summed E-state index contributed by atoms with van der Waals surface area (Å²) in [4.78, 5) is 23.7. The minimum atomic E-state index is -3.08. The Hall–Kier alpha value is -1.35. The molecule has 1 rings (SSSR count). The average molecular weight is 280 g/mol. The fourth-order valence-corrected chi connectivity index (χ4v) is 2.74. The zero-order valence-corrected chi connectivity index (χ0v) is 10.5. The van der Waals surface area contributed by atoms with E-state index >= 15 is 0 Å². The number of carbonyl (C=O) groups excluding carboxylic acids is 1. The van der Waals surface area contributed by atoms with Crippen LogP contribution >= 0.6 is 0 Å². The van der Waals surface area contributed by atoms with Crippen LogP contribution in [0.15, 0.2) is 0 Å². The molecule has 9 heteroatoms. The Bertz CT molecular complexity index is 407. The van der Waals surface area contributed by atoms with Crippen LogP contribution in [0.5, 0.6) is 0 Å². The van der Waals surface area contributed by atoms with Crippen molar-refractivity contribution in [1.29, 1.82) is 0 Å². The van der Waals surface area contributed by atoms with Crippen LogP contribution in [0.4, 0.5) is 4.79 Å². The number of rotatable bonds is 4. The predicted molar refractivity (Wildman–Crippen MR) is 61.9 cm³/mol. The van der Waals surface area contributed by atoms with Crippen molar-refractivity contribution in [1.82, 2.24) is 10.2 Å². The van der Waals surface area contributed by atoms with Crippen molar-refractivity contribution < 1.29 is 28.2 Å². The van der Waals surface area contributed by atoms with Crippen LogP contribution in [-0.2, 0) is 14.6 Å². The largest absolute Gasteiger partial charge is 0.480 e. The van der Waals surface area contributed by atoms with E-state index in [9.17, 15) is 18.0 Å². The number of aliphatic hydroxyl groups excluding tert-OH is 1. The zero-order chi connectivity index (χ0) is 13.8. The van der Waals surface area contributed by atoms with Gasteiger partial charge in [-0.15, -0.1) is 0 Å². The van der Waals surface area contributed by atoms with Crippen molar-refractivity contribution in [2.75, 3.05) is 31.2 Å². The standard InChI is InChI=1S/C9H16N2O6S/c12-4-1-7(8(13)14)10-9(15)11-2-5-18(16,17)6-3-11/h7,12H,1-6H2,(H,10,15)(H,13,14)/t7-/m0/s1. The summed E-state index contributed by atoms with van der Waals surface area (Å²) < 4.78 is 22.3. The molecule has 0 aromatic carbocycles. The summed E-state index contributed by atoms with van der Waals surface area (Å²) in [7, 11) is -3.08. The molecule has 0 bridgehead atoms. The number of carbonyl (C=O) groups is 2. The molecule has 1 aliphatic rings. The third kappa shape index (κ3) is 4.15. The molecule has 2 amide bonds. The fourth-order valence-electron chi connectivity index (χ4n) is 1.54. The van der Waals surface area contributed by atoms with Crippen molar-refractivity contribution in [2.45, 2.75) is 12.5 Å². The Morgan fingerprint density at radius 3 is 2.28 bits per heavy atom. The molecule has 0 aromatic heterocycles. The van der Waals surface area contributed by atoms with Crippen LogP contribution in [0.2, 0.25) is 0 Å². The number of sulfone groups is 1. The molecular weight excluding hydrogens is 264 g/mol. The van der Waals surface area contributed by atoms with Crippen molar-refractivity contribution in [3.8, 4) is 0 Å². The first-order valence-electron chi connectivity index (χ1n) is 5.45. The van der Waals surface area contributed by atoms with E-state index in [1.54, 1.807) is 0 Å². The number of carboxylic acids is 1.